The van der Waals surface area contributed by atoms with Gasteiger partial charge in [-0.15, -0.1) is 0 Å². The Hall–Kier alpha value is -3.35. The van der Waals surface area contributed by atoms with Crippen molar-refractivity contribution in [2.75, 3.05) is 31.1 Å². The molecule has 0 radical (unpaired) electrons. The van der Waals surface area contributed by atoms with E-state index in [1.807, 2.05) is 69.0 Å². The zero-order valence-corrected chi connectivity index (χ0v) is 21.8. The summed E-state index contributed by atoms with van der Waals surface area (Å²) in [6.45, 7) is 10.1. The van der Waals surface area contributed by atoms with E-state index in [4.69, 9.17) is 4.74 Å². The van der Waals surface area contributed by atoms with Crippen molar-refractivity contribution >= 4 is 23.6 Å². The van der Waals surface area contributed by atoms with Crippen LogP contribution in [0.25, 0.3) is 11.1 Å². The van der Waals surface area contributed by atoms with Crippen LogP contribution in [0.15, 0.2) is 42.5 Å². The van der Waals surface area contributed by atoms with Crippen molar-refractivity contribution in [2.45, 2.75) is 59.0 Å². The molecule has 2 heterocycles. The summed E-state index contributed by atoms with van der Waals surface area (Å²) in [5, 5.41) is 3.05. The number of benzene rings is 2. The summed E-state index contributed by atoms with van der Waals surface area (Å²) >= 11 is 0. The van der Waals surface area contributed by atoms with Gasteiger partial charge in [0.05, 0.1) is 0 Å². The highest BCUT2D eigenvalue weighted by atomic mass is 16.6. The second-order valence-corrected chi connectivity index (χ2v) is 10.7. The first-order valence-electron chi connectivity index (χ1n) is 12.9. The molecule has 1 fully saturated rings. The second-order valence-electron chi connectivity index (χ2n) is 10.7. The van der Waals surface area contributed by atoms with Gasteiger partial charge in [0.15, 0.2) is 0 Å². The van der Waals surface area contributed by atoms with Gasteiger partial charge >= 0.3 is 6.09 Å². The molecule has 2 aromatic rings. The van der Waals surface area contributed by atoms with Crippen LogP contribution in [0.4, 0.5) is 10.5 Å². The maximum Gasteiger partial charge on any atom is 0.410 e. The minimum absolute atomic E-state index is 0.0844. The molecule has 192 valence electrons. The standard InChI is InChI=1S/C29H37N3O4/c1-5-26(33)32-17-14-24-18-23(10-11-25(24)32)21-6-8-22(9-7-21)27(34)30-19-20-12-15-31(16-13-20)28(35)36-29(2,3)4/h6-11,18,20H,5,12-17,19H2,1-4H3,(H,30,34). The minimum Gasteiger partial charge on any atom is -0.444 e. The Balaban J connectivity index is 1.28. The van der Waals surface area contributed by atoms with Gasteiger partial charge < -0.3 is 19.9 Å². The van der Waals surface area contributed by atoms with Crippen molar-refractivity contribution in [1.82, 2.24) is 10.2 Å². The number of hydrogen-bond donors (Lipinski definition) is 1. The lowest BCUT2D eigenvalue weighted by Crippen LogP contribution is -2.43. The van der Waals surface area contributed by atoms with Crippen molar-refractivity contribution in [3.63, 3.8) is 0 Å². The molecular weight excluding hydrogens is 454 g/mol. The second kappa shape index (κ2) is 10.7. The summed E-state index contributed by atoms with van der Waals surface area (Å²) < 4.78 is 5.45. The van der Waals surface area contributed by atoms with Crippen LogP contribution in [0.5, 0.6) is 0 Å². The molecule has 0 bridgehead atoms. The molecule has 0 spiro atoms. The number of hydrogen-bond acceptors (Lipinski definition) is 4. The first kappa shape index (κ1) is 25.7. The van der Waals surface area contributed by atoms with E-state index in [0.29, 0.717) is 37.5 Å². The zero-order valence-electron chi connectivity index (χ0n) is 21.8. The van der Waals surface area contributed by atoms with Crippen molar-refractivity contribution in [2.24, 2.45) is 5.92 Å². The van der Waals surface area contributed by atoms with Gasteiger partial charge in [0.2, 0.25) is 5.91 Å². The van der Waals surface area contributed by atoms with Crippen LogP contribution in [-0.2, 0) is 16.0 Å². The molecule has 1 saturated heterocycles. The number of carbonyl (C=O) groups excluding carboxylic acids is 3. The van der Waals surface area contributed by atoms with Crippen molar-refractivity contribution in [3.8, 4) is 11.1 Å². The van der Waals surface area contributed by atoms with E-state index in [1.54, 1.807) is 4.90 Å². The lowest BCUT2D eigenvalue weighted by Gasteiger charge is -2.33. The quantitative estimate of drug-likeness (QED) is 0.636. The first-order chi connectivity index (χ1) is 17.1. The van der Waals surface area contributed by atoms with E-state index < -0.39 is 5.60 Å². The average Bonchev–Trinajstić information content (AvgIpc) is 3.29. The molecule has 2 aliphatic heterocycles. The Labute approximate surface area is 213 Å². The Morgan fingerprint density at radius 1 is 0.972 bits per heavy atom. The van der Waals surface area contributed by atoms with Gasteiger partial charge in [-0.25, -0.2) is 4.79 Å². The van der Waals surface area contributed by atoms with Crippen LogP contribution in [0.2, 0.25) is 0 Å². The van der Waals surface area contributed by atoms with Crippen LogP contribution in [0.3, 0.4) is 0 Å². The fourth-order valence-electron chi connectivity index (χ4n) is 4.83. The van der Waals surface area contributed by atoms with Gasteiger partial charge in [-0.3, -0.25) is 9.59 Å². The molecule has 0 atom stereocenters. The molecule has 4 rings (SSSR count). The number of carbonyl (C=O) groups is 3. The summed E-state index contributed by atoms with van der Waals surface area (Å²) in [6.07, 6.45) is 2.80. The monoisotopic (exact) mass is 491 g/mol. The van der Waals surface area contributed by atoms with E-state index in [9.17, 15) is 14.4 Å². The molecule has 3 amide bonds. The third-order valence-corrected chi connectivity index (χ3v) is 6.88. The highest BCUT2D eigenvalue weighted by Gasteiger charge is 2.27. The molecule has 7 heteroatoms. The van der Waals surface area contributed by atoms with Gasteiger partial charge in [0.1, 0.15) is 5.60 Å². The zero-order chi connectivity index (χ0) is 25.9. The van der Waals surface area contributed by atoms with Gasteiger partial charge in [-0.2, -0.15) is 0 Å². The maximum absolute atomic E-state index is 12.7. The number of rotatable bonds is 5. The number of ether oxygens (including phenoxy) is 1. The molecule has 0 unspecified atom stereocenters. The Kier molecular flexibility index (Phi) is 7.67. The number of nitrogens with one attached hydrogen (secondary N) is 1. The van der Waals surface area contributed by atoms with Gasteiger partial charge in [0.25, 0.3) is 5.91 Å². The average molecular weight is 492 g/mol. The van der Waals surface area contributed by atoms with E-state index in [1.165, 1.54) is 5.56 Å². The smallest absolute Gasteiger partial charge is 0.410 e. The highest BCUT2D eigenvalue weighted by Crippen LogP contribution is 2.33. The van der Waals surface area contributed by atoms with E-state index in [-0.39, 0.29) is 17.9 Å². The normalized spacial score (nSPS) is 16.0. The summed E-state index contributed by atoms with van der Waals surface area (Å²) in [7, 11) is 0. The molecule has 2 aromatic carbocycles. The molecule has 1 N–H and O–H groups in total. The number of fused-ring (bicyclic) bond motifs is 1. The molecule has 2 aliphatic rings. The number of piperidine rings is 1. The van der Waals surface area contributed by atoms with Crippen LogP contribution in [-0.4, -0.2) is 54.6 Å². The molecule has 0 aromatic heterocycles. The summed E-state index contributed by atoms with van der Waals surface area (Å²) in [5.41, 5.74) is 4.47. The van der Waals surface area contributed by atoms with Crippen LogP contribution >= 0.6 is 0 Å². The lowest BCUT2D eigenvalue weighted by atomic mass is 9.97. The summed E-state index contributed by atoms with van der Waals surface area (Å²) in [4.78, 5) is 40.7. The minimum atomic E-state index is -0.492. The topological polar surface area (TPSA) is 79.0 Å². The molecule has 0 saturated carbocycles. The third kappa shape index (κ3) is 6.07. The van der Waals surface area contributed by atoms with Crippen LogP contribution < -0.4 is 10.2 Å². The highest BCUT2D eigenvalue weighted by molar-refractivity contribution is 5.96. The number of likely N-dealkylation sites (tertiary alicyclic amines) is 1. The van der Waals surface area contributed by atoms with E-state index in [2.05, 4.69) is 11.4 Å². The first-order valence-corrected chi connectivity index (χ1v) is 12.9. The number of amides is 3. The molecule has 0 aliphatic carbocycles. The Morgan fingerprint density at radius 2 is 1.64 bits per heavy atom. The predicted octanol–water partition coefficient (Wildman–Crippen LogP) is 5.03. The third-order valence-electron chi connectivity index (χ3n) is 6.88. The van der Waals surface area contributed by atoms with Crippen molar-refractivity contribution < 1.29 is 19.1 Å². The Morgan fingerprint density at radius 3 is 2.28 bits per heavy atom. The summed E-state index contributed by atoms with van der Waals surface area (Å²) in [6, 6.07) is 13.9. The van der Waals surface area contributed by atoms with E-state index >= 15 is 0 Å². The number of nitrogens with zero attached hydrogens (tertiary/aromatic N) is 2. The van der Waals surface area contributed by atoms with Gasteiger partial charge in [-0.05, 0) is 86.9 Å². The molecular formula is C29H37N3O4. The molecule has 7 nitrogen and oxygen atoms in total. The fourth-order valence-corrected chi connectivity index (χ4v) is 4.83. The number of anilines is 1. The Bertz CT molecular complexity index is 1110. The van der Waals surface area contributed by atoms with Gasteiger partial charge in [0, 0.05) is 43.9 Å². The van der Waals surface area contributed by atoms with Crippen molar-refractivity contribution in [3.05, 3.63) is 53.6 Å². The summed E-state index contributed by atoms with van der Waals surface area (Å²) in [5.74, 6) is 0.418. The molecule has 36 heavy (non-hydrogen) atoms. The van der Waals surface area contributed by atoms with Crippen LogP contribution in [0, 0.1) is 5.92 Å². The van der Waals surface area contributed by atoms with Gasteiger partial charge in [-0.1, -0.05) is 25.1 Å². The predicted molar refractivity (Wildman–Crippen MR) is 141 cm³/mol. The SMILES string of the molecule is CCC(=O)N1CCc2cc(-c3ccc(C(=O)NCC4CCN(C(=O)OC(C)(C)C)CC4)cc3)ccc21. The van der Waals surface area contributed by atoms with Crippen molar-refractivity contribution in [1.29, 1.82) is 0 Å². The van der Waals surface area contributed by atoms with Crippen LogP contribution in [0.1, 0.15) is 62.9 Å². The lowest BCUT2D eigenvalue weighted by molar-refractivity contribution is -0.118. The van der Waals surface area contributed by atoms with E-state index in [0.717, 1.165) is 42.6 Å². The maximum atomic E-state index is 12.7. The largest absolute Gasteiger partial charge is 0.444 e. The fraction of sp³-hybridized carbons (Fsp3) is 0.483.